The van der Waals surface area contributed by atoms with Crippen LogP contribution >= 0.6 is 0 Å². The van der Waals surface area contributed by atoms with Gasteiger partial charge in [-0.25, -0.2) is 4.98 Å². The number of nitrogens with two attached hydrogens (primary N) is 1. The van der Waals surface area contributed by atoms with Gasteiger partial charge in [0.15, 0.2) is 0 Å². The Morgan fingerprint density at radius 1 is 1.39 bits per heavy atom. The molecule has 4 heteroatoms. The summed E-state index contributed by atoms with van der Waals surface area (Å²) in [4.78, 5) is 8.11. The van der Waals surface area contributed by atoms with Crippen LogP contribution in [0.1, 0.15) is 46.0 Å². The quantitative estimate of drug-likeness (QED) is 0.840. The molecular weight excluding hydrogens is 224 g/mol. The SMILES string of the molecule is CC(C)CC1(CNc2ccnc(N)n2)CCCC1. The van der Waals surface area contributed by atoms with Gasteiger partial charge in [0, 0.05) is 12.7 Å². The van der Waals surface area contributed by atoms with Gasteiger partial charge in [-0.1, -0.05) is 26.7 Å². The van der Waals surface area contributed by atoms with E-state index < -0.39 is 0 Å². The van der Waals surface area contributed by atoms with Crippen molar-refractivity contribution in [2.75, 3.05) is 17.6 Å². The van der Waals surface area contributed by atoms with Gasteiger partial charge in [0.25, 0.3) is 0 Å². The summed E-state index contributed by atoms with van der Waals surface area (Å²) in [5.41, 5.74) is 6.05. The number of nitrogen functional groups attached to an aromatic ring is 1. The second kappa shape index (κ2) is 5.55. The molecule has 1 aliphatic carbocycles. The summed E-state index contributed by atoms with van der Waals surface area (Å²) in [5.74, 6) is 1.93. The first-order valence-corrected chi connectivity index (χ1v) is 6.92. The Morgan fingerprint density at radius 2 is 2.11 bits per heavy atom. The van der Waals surface area contributed by atoms with Gasteiger partial charge in [-0.3, -0.25) is 0 Å². The highest BCUT2D eigenvalue weighted by Crippen LogP contribution is 2.43. The molecule has 0 bridgehead atoms. The number of rotatable bonds is 5. The average molecular weight is 248 g/mol. The zero-order valence-electron chi connectivity index (χ0n) is 11.4. The van der Waals surface area contributed by atoms with E-state index in [1.54, 1.807) is 6.20 Å². The highest BCUT2D eigenvalue weighted by Gasteiger charge is 2.34. The predicted molar refractivity (Wildman–Crippen MR) is 75.3 cm³/mol. The molecule has 1 aliphatic rings. The molecular formula is C14H24N4. The summed E-state index contributed by atoms with van der Waals surface area (Å²) in [6, 6.07) is 1.88. The summed E-state index contributed by atoms with van der Waals surface area (Å²) in [5, 5.41) is 3.44. The van der Waals surface area contributed by atoms with Gasteiger partial charge in [0.05, 0.1) is 0 Å². The van der Waals surface area contributed by atoms with E-state index in [0.29, 0.717) is 11.4 Å². The minimum Gasteiger partial charge on any atom is -0.369 e. The van der Waals surface area contributed by atoms with E-state index >= 15 is 0 Å². The van der Waals surface area contributed by atoms with Crippen LogP contribution in [-0.2, 0) is 0 Å². The maximum absolute atomic E-state index is 5.59. The fourth-order valence-corrected chi connectivity index (χ4v) is 3.19. The van der Waals surface area contributed by atoms with Crippen LogP contribution in [0.3, 0.4) is 0 Å². The van der Waals surface area contributed by atoms with Crippen molar-refractivity contribution in [3.05, 3.63) is 12.3 Å². The molecule has 0 aromatic carbocycles. The lowest BCUT2D eigenvalue weighted by atomic mass is 9.78. The second-order valence-electron chi connectivity index (χ2n) is 5.96. The van der Waals surface area contributed by atoms with Gasteiger partial charge >= 0.3 is 0 Å². The molecule has 0 spiro atoms. The van der Waals surface area contributed by atoms with E-state index in [1.807, 2.05) is 6.07 Å². The number of anilines is 2. The zero-order valence-corrected chi connectivity index (χ0v) is 11.4. The Morgan fingerprint density at radius 3 is 2.72 bits per heavy atom. The third kappa shape index (κ3) is 3.34. The van der Waals surface area contributed by atoms with Crippen LogP contribution in [-0.4, -0.2) is 16.5 Å². The largest absolute Gasteiger partial charge is 0.369 e. The summed E-state index contributed by atoms with van der Waals surface area (Å²) >= 11 is 0. The third-order valence-electron chi connectivity index (χ3n) is 3.82. The number of nitrogens with one attached hydrogen (secondary N) is 1. The molecule has 18 heavy (non-hydrogen) atoms. The number of nitrogens with zero attached hydrogens (tertiary/aromatic N) is 2. The van der Waals surface area contributed by atoms with Crippen molar-refractivity contribution in [1.29, 1.82) is 0 Å². The van der Waals surface area contributed by atoms with Gasteiger partial charge in [-0.2, -0.15) is 4.98 Å². The van der Waals surface area contributed by atoms with Crippen LogP contribution in [0.5, 0.6) is 0 Å². The predicted octanol–water partition coefficient (Wildman–Crippen LogP) is 3.08. The summed E-state index contributed by atoms with van der Waals surface area (Å²) in [6.07, 6.45) is 8.38. The molecule has 3 N–H and O–H groups in total. The van der Waals surface area contributed by atoms with Crippen molar-refractivity contribution in [2.45, 2.75) is 46.0 Å². The van der Waals surface area contributed by atoms with Gasteiger partial charge in [-0.05, 0) is 36.7 Å². The van der Waals surface area contributed by atoms with E-state index in [2.05, 4.69) is 29.1 Å². The molecule has 0 radical (unpaired) electrons. The molecule has 1 fully saturated rings. The molecule has 0 amide bonds. The van der Waals surface area contributed by atoms with Crippen molar-refractivity contribution >= 4 is 11.8 Å². The van der Waals surface area contributed by atoms with Crippen molar-refractivity contribution in [3.63, 3.8) is 0 Å². The first-order chi connectivity index (χ1) is 8.60. The molecule has 2 rings (SSSR count). The van der Waals surface area contributed by atoms with Crippen LogP contribution in [0.4, 0.5) is 11.8 Å². The van der Waals surface area contributed by atoms with E-state index in [4.69, 9.17) is 5.73 Å². The van der Waals surface area contributed by atoms with Crippen molar-refractivity contribution in [2.24, 2.45) is 11.3 Å². The number of hydrogen-bond acceptors (Lipinski definition) is 4. The van der Waals surface area contributed by atoms with Crippen molar-refractivity contribution in [3.8, 4) is 0 Å². The van der Waals surface area contributed by atoms with Crippen LogP contribution in [0.2, 0.25) is 0 Å². The number of hydrogen-bond donors (Lipinski definition) is 2. The topological polar surface area (TPSA) is 63.8 Å². The Hall–Kier alpha value is -1.32. The Bertz CT molecular complexity index is 383. The van der Waals surface area contributed by atoms with E-state index in [-0.39, 0.29) is 0 Å². The van der Waals surface area contributed by atoms with E-state index in [1.165, 1.54) is 32.1 Å². The molecule has 1 aromatic rings. The van der Waals surface area contributed by atoms with E-state index in [0.717, 1.165) is 18.3 Å². The smallest absolute Gasteiger partial charge is 0.221 e. The fourth-order valence-electron chi connectivity index (χ4n) is 3.19. The third-order valence-corrected chi connectivity index (χ3v) is 3.82. The molecule has 4 nitrogen and oxygen atoms in total. The Balaban J connectivity index is 1.97. The molecule has 1 saturated carbocycles. The maximum atomic E-state index is 5.59. The molecule has 1 heterocycles. The second-order valence-corrected chi connectivity index (χ2v) is 5.96. The number of aromatic nitrogens is 2. The van der Waals surface area contributed by atoms with Crippen LogP contribution < -0.4 is 11.1 Å². The molecule has 100 valence electrons. The van der Waals surface area contributed by atoms with Crippen LogP contribution in [0.25, 0.3) is 0 Å². The lowest BCUT2D eigenvalue weighted by Crippen LogP contribution is -2.28. The fraction of sp³-hybridized carbons (Fsp3) is 0.714. The van der Waals surface area contributed by atoms with Crippen LogP contribution in [0.15, 0.2) is 12.3 Å². The summed E-state index contributed by atoms with van der Waals surface area (Å²) in [6.45, 7) is 5.62. The van der Waals surface area contributed by atoms with Crippen molar-refractivity contribution in [1.82, 2.24) is 9.97 Å². The van der Waals surface area contributed by atoms with Gasteiger partial charge in [0.2, 0.25) is 5.95 Å². The first kappa shape index (κ1) is 13.1. The molecule has 0 atom stereocenters. The maximum Gasteiger partial charge on any atom is 0.221 e. The van der Waals surface area contributed by atoms with Gasteiger partial charge in [0.1, 0.15) is 5.82 Å². The minimum atomic E-state index is 0.337. The monoisotopic (exact) mass is 248 g/mol. The highest BCUT2D eigenvalue weighted by atomic mass is 15.1. The van der Waals surface area contributed by atoms with Gasteiger partial charge in [-0.15, -0.1) is 0 Å². The lowest BCUT2D eigenvalue weighted by molar-refractivity contribution is 0.252. The molecule has 1 aromatic heterocycles. The van der Waals surface area contributed by atoms with Crippen molar-refractivity contribution < 1.29 is 0 Å². The average Bonchev–Trinajstić information content (AvgIpc) is 2.75. The van der Waals surface area contributed by atoms with Gasteiger partial charge < -0.3 is 11.1 Å². The Labute approximate surface area is 109 Å². The standard InChI is InChI=1S/C14H24N4/c1-11(2)9-14(6-3-4-7-14)10-17-12-5-8-16-13(15)18-12/h5,8,11H,3-4,6-7,9-10H2,1-2H3,(H3,15,16,17,18). The molecule has 0 saturated heterocycles. The summed E-state index contributed by atoms with van der Waals surface area (Å²) in [7, 11) is 0. The minimum absolute atomic E-state index is 0.337. The first-order valence-electron chi connectivity index (χ1n) is 6.92. The summed E-state index contributed by atoms with van der Waals surface area (Å²) < 4.78 is 0. The van der Waals surface area contributed by atoms with E-state index in [9.17, 15) is 0 Å². The Kier molecular flexibility index (Phi) is 4.04. The molecule has 0 unspecified atom stereocenters. The van der Waals surface area contributed by atoms with Crippen LogP contribution in [0, 0.1) is 11.3 Å². The normalized spacial score (nSPS) is 18.2. The zero-order chi connectivity index (χ0) is 13.0. The lowest BCUT2D eigenvalue weighted by Gasteiger charge is -2.31. The highest BCUT2D eigenvalue weighted by molar-refractivity contribution is 5.37. The molecule has 0 aliphatic heterocycles.